The Bertz CT molecular complexity index is 901. The lowest BCUT2D eigenvalue weighted by Gasteiger charge is -2.23. The average molecular weight is 327 g/mol. The molecule has 1 unspecified atom stereocenters. The van der Waals surface area contributed by atoms with Crippen LogP contribution in [0.5, 0.6) is 0 Å². The third-order valence-electron chi connectivity index (χ3n) is 4.34. The lowest BCUT2D eigenvalue weighted by Crippen LogP contribution is -2.22. The van der Waals surface area contributed by atoms with Gasteiger partial charge in [0.25, 0.3) is 5.78 Å². The summed E-state index contributed by atoms with van der Waals surface area (Å²) in [4.78, 5) is 21.2. The minimum absolute atomic E-state index is 0.106. The van der Waals surface area contributed by atoms with E-state index in [1.54, 1.807) is 10.7 Å². The summed E-state index contributed by atoms with van der Waals surface area (Å²) < 4.78 is 1.73. The summed E-state index contributed by atoms with van der Waals surface area (Å²) >= 11 is 5.96. The molecule has 0 saturated carbocycles. The second-order valence-electron chi connectivity index (χ2n) is 5.79. The van der Waals surface area contributed by atoms with Gasteiger partial charge in [-0.15, -0.1) is 5.10 Å². The molecule has 2 heterocycles. The number of Topliss-reactive ketones (excluding diaryl/α,β-unsaturated/α-hetero) is 1. The van der Waals surface area contributed by atoms with Crippen molar-refractivity contribution in [1.82, 2.24) is 19.6 Å². The summed E-state index contributed by atoms with van der Waals surface area (Å²) in [5, 5.41) is 5.19. The van der Waals surface area contributed by atoms with E-state index in [9.17, 15) is 4.79 Å². The second kappa shape index (κ2) is 5.42. The largest absolute Gasteiger partial charge is 0.294 e. The highest BCUT2D eigenvalue weighted by Gasteiger charge is 2.29. The summed E-state index contributed by atoms with van der Waals surface area (Å²) in [6.07, 6.45) is 3.61. The van der Waals surface area contributed by atoms with Crippen molar-refractivity contribution in [3.05, 3.63) is 58.1 Å². The molecule has 5 nitrogen and oxygen atoms in total. The van der Waals surface area contributed by atoms with Crippen LogP contribution in [0.1, 0.15) is 46.7 Å². The summed E-state index contributed by atoms with van der Waals surface area (Å²) in [5.41, 5.74) is 2.68. The van der Waals surface area contributed by atoms with Gasteiger partial charge in [-0.2, -0.15) is 4.98 Å². The van der Waals surface area contributed by atoms with Crippen LogP contribution in [0.2, 0.25) is 5.02 Å². The number of carbonyl (C=O) groups excluding carboxylic acids is 1. The number of fused-ring (bicyclic) bond motifs is 3. The van der Waals surface area contributed by atoms with Crippen LogP contribution < -0.4 is 0 Å². The molecule has 1 atom stereocenters. The van der Waals surface area contributed by atoms with E-state index in [4.69, 9.17) is 11.6 Å². The quantitative estimate of drug-likeness (QED) is 0.725. The van der Waals surface area contributed by atoms with Crippen LogP contribution in [0.25, 0.3) is 5.78 Å². The molecule has 4 rings (SSSR count). The fourth-order valence-electron chi connectivity index (χ4n) is 3.11. The maximum Gasteiger partial charge on any atom is 0.252 e. The summed E-state index contributed by atoms with van der Waals surface area (Å²) in [6, 6.07) is 7.71. The number of aromatic nitrogens is 4. The van der Waals surface area contributed by atoms with Gasteiger partial charge in [-0.25, -0.2) is 9.50 Å². The average Bonchev–Trinajstić information content (AvgIpc) is 2.99. The Morgan fingerprint density at radius 2 is 2.04 bits per heavy atom. The topological polar surface area (TPSA) is 60.1 Å². The van der Waals surface area contributed by atoms with Gasteiger partial charge in [-0.05, 0) is 30.0 Å². The zero-order chi connectivity index (χ0) is 16.0. The highest BCUT2D eigenvalue weighted by molar-refractivity contribution is 6.30. The van der Waals surface area contributed by atoms with Gasteiger partial charge >= 0.3 is 0 Å². The van der Waals surface area contributed by atoms with Gasteiger partial charge in [0, 0.05) is 24.1 Å². The standard InChI is InChI=1S/C17H15ClN4O/c1-2-16-20-17-19-9-13-14(22(17)21-16)7-11(8-15(13)23)10-3-5-12(18)6-4-10/h3-6,9,11H,2,7-8H2,1H3. The third-order valence-corrected chi connectivity index (χ3v) is 4.59. The smallest absolute Gasteiger partial charge is 0.252 e. The molecule has 23 heavy (non-hydrogen) atoms. The Balaban J connectivity index is 1.81. The number of hydrogen-bond acceptors (Lipinski definition) is 4. The Hall–Kier alpha value is -2.27. The van der Waals surface area contributed by atoms with Gasteiger partial charge in [-0.1, -0.05) is 30.7 Å². The molecule has 2 aromatic heterocycles. The number of hydrogen-bond donors (Lipinski definition) is 0. The molecule has 0 N–H and O–H groups in total. The molecule has 0 saturated heterocycles. The van der Waals surface area contributed by atoms with E-state index < -0.39 is 0 Å². The van der Waals surface area contributed by atoms with Crippen LogP contribution in [0, 0.1) is 0 Å². The first-order valence-corrected chi connectivity index (χ1v) is 8.05. The van der Waals surface area contributed by atoms with E-state index in [1.807, 2.05) is 31.2 Å². The predicted molar refractivity (Wildman–Crippen MR) is 87.0 cm³/mol. The van der Waals surface area contributed by atoms with Crippen molar-refractivity contribution in [2.45, 2.75) is 32.1 Å². The van der Waals surface area contributed by atoms with Gasteiger partial charge < -0.3 is 0 Å². The first-order chi connectivity index (χ1) is 11.2. The number of rotatable bonds is 2. The molecule has 0 bridgehead atoms. The second-order valence-corrected chi connectivity index (χ2v) is 6.23. The van der Waals surface area contributed by atoms with Crippen LogP contribution in [0.4, 0.5) is 0 Å². The third kappa shape index (κ3) is 2.41. The number of benzene rings is 1. The van der Waals surface area contributed by atoms with E-state index in [0.29, 0.717) is 22.8 Å². The van der Waals surface area contributed by atoms with Crippen molar-refractivity contribution in [3.63, 3.8) is 0 Å². The zero-order valence-corrected chi connectivity index (χ0v) is 13.4. The molecule has 0 fully saturated rings. The Morgan fingerprint density at radius 1 is 1.26 bits per heavy atom. The molecular formula is C17H15ClN4O. The van der Waals surface area contributed by atoms with Gasteiger partial charge in [0.2, 0.25) is 0 Å². The predicted octanol–water partition coefficient (Wildman–Crippen LogP) is 3.25. The Kier molecular flexibility index (Phi) is 3.38. The number of halogens is 1. The molecule has 0 spiro atoms. The highest BCUT2D eigenvalue weighted by Crippen LogP contribution is 2.32. The fourth-order valence-corrected chi connectivity index (χ4v) is 3.24. The molecule has 1 aromatic carbocycles. The number of carbonyl (C=O) groups is 1. The first kappa shape index (κ1) is 14.3. The van der Waals surface area contributed by atoms with E-state index in [0.717, 1.165) is 29.9 Å². The van der Waals surface area contributed by atoms with Gasteiger partial charge in [0.05, 0.1) is 11.3 Å². The fraction of sp³-hybridized carbons (Fsp3) is 0.294. The summed E-state index contributed by atoms with van der Waals surface area (Å²) in [7, 11) is 0. The summed E-state index contributed by atoms with van der Waals surface area (Å²) in [5.74, 6) is 1.54. The number of ketones is 1. The molecule has 0 aliphatic heterocycles. The van der Waals surface area contributed by atoms with Gasteiger partial charge in [0.1, 0.15) is 0 Å². The first-order valence-electron chi connectivity index (χ1n) is 7.68. The summed E-state index contributed by atoms with van der Waals surface area (Å²) in [6.45, 7) is 2.00. The van der Waals surface area contributed by atoms with E-state index in [-0.39, 0.29) is 11.7 Å². The molecule has 1 aliphatic rings. The van der Waals surface area contributed by atoms with Crippen molar-refractivity contribution < 1.29 is 4.79 Å². The van der Waals surface area contributed by atoms with E-state index >= 15 is 0 Å². The number of aryl methyl sites for hydroxylation is 1. The Labute approximate surface area is 138 Å². The van der Waals surface area contributed by atoms with Crippen molar-refractivity contribution in [2.24, 2.45) is 0 Å². The van der Waals surface area contributed by atoms with E-state index in [2.05, 4.69) is 15.1 Å². The van der Waals surface area contributed by atoms with E-state index in [1.165, 1.54) is 0 Å². The monoisotopic (exact) mass is 326 g/mol. The van der Waals surface area contributed by atoms with Crippen LogP contribution in [-0.2, 0) is 12.8 Å². The van der Waals surface area contributed by atoms with Gasteiger partial charge in [0.15, 0.2) is 11.6 Å². The molecule has 1 aliphatic carbocycles. The maximum absolute atomic E-state index is 12.5. The van der Waals surface area contributed by atoms with Crippen molar-refractivity contribution in [1.29, 1.82) is 0 Å². The lowest BCUT2D eigenvalue weighted by molar-refractivity contribution is 0.0962. The SMILES string of the molecule is CCc1nc2ncc3c(n2n1)CC(c1ccc(Cl)cc1)CC3=O. The molecule has 116 valence electrons. The minimum Gasteiger partial charge on any atom is -0.294 e. The lowest BCUT2D eigenvalue weighted by atomic mass is 9.82. The van der Waals surface area contributed by atoms with Gasteiger partial charge in [-0.3, -0.25) is 4.79 Å². The van der Waals surface area contributed by atoms with Crippen molar-refractivity contribution >= 4 is 23.2 Å². The molecule has 0 radical (unpaired) electrons. The molecule has 3 aromatic rings. The molecular weight excluding hydrogens is 312 g/mol. The van der Waals surface area contributed by atoms with Crippen LogP contribution in [-0.4, -0.2) is 25.4 Å². The van der Waals surface area contributed by atoms with Crippen LogP contribution >= 0.6 is 11.6 Å². The normalized spacial score (nSPS) is 17.5. The number of nitrogens with zero attached hydrogens (tertiary/aromatic N) is 4. The molecule has 0 amide bonds. The van der Waals surface area contributed by atoms with Crippen molar-refractivity contribution in [3.8, 4) is 0 Å². The van der Waals surface area contributed by atoms with Crippen LogP contribution in [0.3, 0.4) is 0 Å². The maximum atomic E-state index is 12.5. The Morgan fingerprint density at radius 3 is 2.78 bits per heavy atom. The zero-order valence-electron chi connectivity index (χ0n) is 12.7. The molecule has 6 heteroatoms. The highest BCUT2D eigenvalue weighted by atomic mass is 35.5. The van der Waals surface area contributed by atoms with Crippen molar-refractivity contribution in [2.75, 3.05) is 0 Å². The van der Waals surface area contributed by atoms with Crippen LogP contribution in [0.15, 0.2) is 30.5 Å². The minimum atomic E-state index is 0.106.